The van der Waals surface area contributed by atoms with Crippen molar-refractivity contribution >= 4 is 35.1 Å². The third-order valence-corrected chi connectivity index (χ3v) is 6.05. The lowest BCUT2D eigenvalue weighted by atomic mass is 9.85. The molecule has 0 heterocycles. The molecule has 0 spiro atoms. The minimum Gasteiger partial charge on any atom is -0.438 e. The van der Waals surface area contributed by atoms with Crippen LogP contribution in [0.4, 0.5) is 13.2 Å². The van der Waals surface area contributed by atoms with Crippen LogP contribution in [0.1, 0.15) is 27.7 Å². The summed E-state index contributed by atoms with van der Waals surface area (Å²) >= 11 is 6.35. The molecule has 140 valence electrons. The van der Waals surface area contributed by atoms with Crippen LogP contribution in [0.15, 0.2) is 39.3 Å². The van der Waals surface area contributed by atoms with Gasteiger partial charge in [0.05, 0.1) is 0 Å². The second-order valence-corrected chi connectivity index (χ2v) is 7.37. The molecule has 1 aromatic rings. The first-order valence-electron chi connectivity index (χ1n) is 7.57. The van der Waals surface area contributed by atoms with E-state index >= 15 is 0 Å². The molecule has 0 radical (unpaired) electrons. The molecule has 1 aliphatic carbocycles. The number of thioether (sulfide) groups is 1. The maximum atomic E-state index is 13.6. The van der Waals surface area contributed by atoms with Crippen molar-refractivity contribution in [1.82, 2.24) is 0 Å². The Morgan fingerprint density at radius 2 is 1.54 bits per heavy atom. The molecule has 0 unspecified atom stereocenters. The molecule has 0 aromatic heterocycles. The summed E-state index contributed by atoms with van der Waals surface area (Å²) in [4.78, 5) is 22.8. The number of rotatable bonds is 4. The molecule has 0 bridgehead atoms. The molecule has 2 rings (SSSR count). The van der Waals surface area contributed by atoms with E-state index in [-0.39, 0.29) is 10.7 Å². The van der Waals surface area contributed by atoms with Crippen LogP contribution in [0, 0.1) is 17.5 Å². The normalized spacial score (nSPS) is 17.0. The highest BCUT2D eigenvalue weighted by Crippen LogP contribution is 2.50. The number of Topliss-reactive ketones (excluding diaryl/α,β-unsaturated/α-hetero) is 1. The molecular formula is C18H16ClF3O3S. The fourth-order valence-corrected chi connectivity index (χ4v) is 4.13. The van der Waals surface area contributed by atoms with E-state index in [2.05, 4.69) is 0 Å². The van der Waals surface area contributed by atoms with E-state index in [1.165, 1.54) is 0 Å². The summed E-state index contributed by atoms with van der Waals surface area (Å²) in [7, 11) is 0. The zero-order valence-electron chi connectivity index (χ0n) is 14.5. The van der Waals surface area contributed by atoms with Crippen molar-refractivity contribution in [2.24, 2.45) is 0 Å². The average molecular weight is 405 g/mol. The van der Waals surface area contributed by atoms with Gasteiger partial charge in [0.2, 0.25) is 4.93 Å². The van der Waals surface area contributed by atoms with Crippen molar-refractivity contribution in [2.45, 2.75) is 37.5 Å². The van der Waals surface area contributed by atoms with Gasteiger partial charge in [0, 0.05) is 16.0 Å². The van der Waals surface area contributed by atoms with Crippen molar-refractivity contribution in [3.05, 3.63) is 51.9 Å². The highest BCUT2D eigenvalue weighted by atomic mass is 35.5. The van der Waals surface area contributed by atoms with Crippen LogP contribution in [-0.4, -0.2) is 22.6 Å². The standard InChI is InChI=1S/C18H16ClF3O3S/c1-8-10(3)18(25-15(23)7-19,11(4)9(2)17(8)24)26-12-5-13(20)16(22)14(21)6-12/h5-6H,7H2,1-4H3. The number of halogens is 4. The van der Waals surface area contributed by atoms with Gasteiger partial charge in [-0.3, -0.25) is 9.59 Å². The summed E-state index contributed by atoms with van der Waals surface area (Å²) in [6, 6.07) is 1.61. The predicted molar refractivity (Wildman–Crippen MR) is 93.5 cm³/mol. The smallest absolute Gasteiger partial charge is 0.322 e. The minimum absolute atomic E-state index is 0.00239. The Labute approximate surface area is 158 Å². The van der Waals surface area contributed by atoms with Crippen molar-refractivity contribution in [3.63, 3.8) is 0 Å². The van der Waals surface area contributed by atoms with Gasteiger partial charge in [-0.25, -0.2) is 13.2 Å². The van der Waals surface area contributed by atoms with Crippen molar-refractivity contribution < 1.29 is 27.5 Å². The molecule has 0 saturated carbocycles. The first kappa shape index (κ1) is 20.6. The number of alkyl halides is 1. The van der Waals surface area contributed by atoms with Crippen molar-refractivity contribution in [2.75, 3.05) is 5.88 Å². The lowest BCUT2D eigenvalue weighted by Gasteiger charge is -2.39. The van der Waals surface area contributed by atoms with Crippen LogP contribution < -0.4 is 0 Å². The topological polar surface area (TPSA) is 43.4 Å². The highest BCUT2D eigenvalue weighted by Gasteiger charge is 2.46. The molecule has 0 saturated heterocycles. The van der Waals surface area contributed by atoms with Crippen LogP contribution in [0.5, 0.6) is 0 Å². The molecule has 0 amide bonds. The van der Waals surface area contributed by atoms with Gasteiger partial charge in [0.1, 0.15) is 5.88 Å². The molecule has 0 fully saturated rings. The Morgan fingerprint density at radius 3 is 1.96 bits per heavy atom. The van der Waals surface area contributed by atoms with Crippen molar-refractivity contribution in [1.29, 1.82) is 0 Å². The summed E-state index contributed by atoms with van der Waals surface area (Å²) in [5, 5.41) is 0. The Balaban J connectivity index is 2.67. The first-order valence-corrected chi connectivity index (χ1v) is 8.92. The van der Waals surface area contributed by atoms with E-state index in [1.807, 2.05) is 0 Å². The lowest BCUT2D eigenvalue weighted by Crippen LogP contribution is -2.40. The second kappa shape index (κ2) is 7.48. The minimum atomic E-state index is -1.59. The third kappa shape index (κ3) is 3.42. The number of hydrogen-bond acceptors (Lipinski definition) is 4. The Hall–Kier alpha value is -1.73. The van der Waals surface area contributed by atoms with Gasteiger partial charge in [-0.05, 0) is 51.0 Å². The largest absolute Gasteiger partial charge is 0.438 e. The number of ether oxygens (including phenoxy) is 1. The van der Waals surface area contributed by atoms with Gasteiger partial charge < -0.3 is 4.74 Å². The predicted octanol–water partition coefficient (Wildman–Crippen LogP) is 4.93. The maximum absolute atomic E-state index is 13.6. The summed E-state index contributed by atoms with van der Waals surface area (Å²) < 4.78 is 46.0. The molecule has 0 N–H and O–H groups in total. The van der Waals surface area contributed by atoms with E-state index < -0.39 is 34.2 Å². The number of esters is 1. The number of carbonyl (C=O) groups excluding carboxylic acids is 2. The first-order chi connectivity index (χ1) is 12.0. The maximum Gasteiger partial charge on any atom is 0.322 e. The Bertz CT molecular complexity index is 810. The van der Waals surface area contributed by atoms with E-state index in [4.69, 9.17) is 16.3 Å². The van der Waals surface area contributed by atoms with E-state index in [9.17, 15) is 22.8 Å². The summed E-state index contributed by atoms with van der Waals surface area (Å²) in [6.07, 6.45) is 0. The van der Waals surface area contributed by atoms with Gasteiger partial charge in [-0.2, -0.15) is 0 Å². The van der Waals surface area contributed by atoms with Crippen molar-refractivity contribution in [3.8, 4) is 0 Å². The van der Waals surface area contributed by atoms with Crippen LogP contribution in [-0.2, 0) is 14.3 Å². The van der Waals surface area contributed by atoms with E-state index in [0.29, 0.717) is 22.3 Å². The Kier molecular flexibility index (Phi) is 5.92. The summed E-state index contributed by atoms with van der Waals surface area (Å²) in [5.41, 5.74) is 1.51. The van der Waals surface area contributed by atoms with Gasteiger partial charge >= 0.3 is 5.97 Å². The molecular weight excluding hydrogens is 389 g/mol. The van der Waals surface area contributed by atoms with Crippen LogP contribution in [0.25, 0.3) is 0 Å². The molecule has 26 heavy (non-hydrogen) atoms. The number of ketones is 1. The average Bonchev–Trinajstić information content (AvgIpc) is 2.61. The van der Waals surface area contributed by atoms with Gasteiger partial charge in [-0.15, -0.1) is 11.6 Å². The molecule has 3 nitrogen and oxygen atoms in total. The lowest BCUT2D eigenvalue weighted by molar-refractivity contribution is -0.144. The molecule has 0 atom stereocenters. The fraction of sp³-hybridized carbons (Fsp3) is 0.333. The van der Waals surface area contributed by atoms with Gasteiger partial charge in [0.25, 0.3) is 0 Å². The number of hydrogen-bond donors (Lipinski definition) is 0. The fourth-order valence-electron chi connectivity index (χ4n) is 2.67. The Morgan fingerprint density at radius 1 is 1.08 bits per heavy atom. The molecule has 8 heteroatoms. The van der Waals surface area contributed by atoms with E-state index in [1.54, 1.807) is 27.7 Å². The summed E-state index contributed by atoms with van der Waals surface area (Å²) in [5.74, 6) is -5.75. The van der Waals surface area contributed by atoms with Crippen LogP contribution in [0.3, 0.4) is 0 Å². The molecule has 0 aliphatic heterocycles. The molecule has 1 aliphatic rings. The number of allylic oxidation sites excluding steroid dienone is 2. The quantitative estimate of drug-likeness (QED) is 0.309. The van der Waals surface area contributed by atoms with E-state index in [0.717, 1.165) is 23.9 Å². The van der Waals surface area contributed by atoms with Gasteiger partial charge in [-0.1, -0.05) is 11.8 Å². The SMILES string of the molecule is CC1=C(C)C(OC(=O)CCl)(Sc2cc(F)c(F)c(F)c2)C(C)=C(C)C1=O. The summed E-state index contributed by atoms with van der Waals surface area (Å²) in [6.45, 7) is 6.33. The zero-order chi connectivity index (χ0) is 19.8. The zero-order valence-corrected chi connectivity index (χ0v) is 16.1. The monoisotopic (exact) mass is 404 g/mol. The third-order valence-electron chi connectivity index (χ3n) is 4.38. The second-order valence-electron chi connectivity index (χ2n) is 5.86. The number of benzene rings is 1. The van der Waals surface area contributed by atoms with Gasteiger partial charge in [0.15, 0.2) is 23.2 Å². The highest BCUT2D eigenvalue weighted by molar-refractivity contribution is 8.01. The molecule has 1 aromatic carbocycles. The van der Waals surface area contributed by atoms with Crippen LogP contribution >= 0.6 is 23.4 Å². The van der Waals surface area contributed by atoms with Crippen LogP contribution in [0.2, 0.25) is 0 Å². The number of carbonyl (C=O) groups is 2.